The largest absolute Gasteiger partial charge is 0.378 e. The van der Waals surface area contributed by atoms with Crippen LogP contribution < -0.4 is 20.9 Å². The van der Waals surface area contributed by atoms with Gasteiger partial charge < -0.3 is 35.4 Å². The third-order valence-electron chi connectivity index (χ3n) is 6.94. The highest BCUT2D eigenvalue weighted by Crippen LogP contribution is 2.35. The molecule has 0 saturated carbocycles. The van der Waals surface area contributed by atoms with Crippen molar-refractivity contribution in [3.05, 3.63) is 41.9 Å². The number of morpholine rings is 1. The van der Waals surface area contributed by atoms with E-state index in [4.69, 9.17) is 4.74 Å². The number of benzene rings is 1. The van der Waals surface area contributed by atoms with Gasteiger partial charge in [-0.2, -0.15) is 0 Å². The Kier molecular flexibility index (Phi) is 7.52. The molecule has 4 heterocycles. The van der Waals surface area contributed by atoms with Crippen molar-refractivity contribution in [1.82, 2.24) is 19.8 Å². The van der Waals surface area contributed by atoms with Crippen LogP contribution in [-0.4, -0.2) is 91.6 Å². The van der Waals surface area contributed by atoms with Gasteiger partial charge in [0.25, 0.3) is 5.91 Å². The van der Waals surface area contributed by atoms with Gasteiger partial charge in [0.1, 0.15) is 18.0 Å². The zero-order valence-corrected chi connectivity index (χ0v) is 21.4. The summed E-state index contributed by atoms with van der Waals surface area (Å²) in [5.74, 6) is 0.905. The number of fused-ring (bicyclic) bond motifs is 2. The Morgan fingerprint density at radius 1 is 1.00 bits per heavy atom. The van der Waals surface area contributed by atoms with Gasteiger partial charge in [-0.15, -0.1) is 0 Å². The molecule has 3 aliphatic heterocycles. The van der Waals surface area contributed by atoms with E-state index < -0.39 is 0 Å². The molecule has 0 unspecified atom stereocenters. The SMILES string of the molecule is CN1CCCC(=O)N(C)CCNc2ncnc3c2/C(=C/Nc2ccc(N4CCOCC4)c(c2)C1)C(=O)N3. The maximum Gasteiger partial charge on any atom is 0.259 e. The minimum Gasteiger partial charge on any atom is -0.378 e. The average molecular weight is 507 g/mol. The molecule has 0 radical (unpaired) electrons. The van der Waals surface area contributed by atoms with Crippen LogP contribution in [-0.2, 0) is 20.9 Å². The van der Waals surface area contributed by atoms with Crippen molar-refractivity contribution < 1.29 is 14.3 Å². The van der Waals surface area contributed by atoms with Crippen LogP contribution in [0.15, 0.2) is 30.7 Å². The number of hydrogen-bond acceptors (Lipinski definition) is 9. The molecule has 11 nitrogen and oxygen atoms in total. The quantitative estimate of drug-likeness (QED) is 0.533. The number of likely N-dealkylation sites (N-methyl/N-ethyl adjacent to an activating group) is 1. The molecule has 3 aliphatic rings. The molecule has 3 N–H and O–H groups in total. The lowest BCUT2D eigenvalue weighted by atomic mass is 10.1. The molecular weight excluding hydrogens is 472 g/mol. The van der Waals surface area contributed by atoms with Gasteiger partial charge in [0.15, 0.2) is 0 Å². The molecule has 11 heteroatoms. The Labute approximate surface area is 216 Å². The highest BCUT2D eigenvalue weighted by molar-refractivity contribution is 6.32. The standard InChI is InChI=1S/C26H34N8O3/c1-32-8-3-4-22(35)33(2)9-7-27-24-23-20(26(36)31-25(23)30-17-29-24)15-28-19-5-6-21(18(14-19)16-32)34-10-12-37-13-11-34/h5-6,14-15,17,28H,3-4,7-13,16H2,1-2H3,(H2,27,29,30,31,36)/b20-15-. The summed E-state index contributed by atoms with van der Waals surface area (Å²) in [4.78, 5) is 40.4. The van der Waals surface area contributed by atoms with Crippen molar-refractivity contribution in [3.8, 4) is 0 Å². The minimum atomic E-state index is -0.238. The molecule has 2 bridgehead atoms. The molecule has 1 fully saturated rings. The molecule has 0 atom stereocenters. The Hall–Kier alpha value is -3.70. The number of anilines is 4. The molecule has 0 spiro atoms. The van der Waals surface area contributed by atoms with Crippen LogP contribution in [0.4, 0.5) is 23.0 Å². The van der Waals surface area contributed by atoms with Crippen LogP contribution in [0, 0.1) is 0 Å². The van der Waals surface area contributed by atoms with E-state index in [9.17, 15) is 9.59 Å². The fourth-order valence-electron chi connectivity index (χ4n) is 4.89. The monoisotopic (exact) mass is 506 g/mol. The number of ether oxygens (including phenoxy) is 1. The fraction of sp³-hybridized carbons (Fsp3) is 0.462. The summed E-state index contributed by atoms with van der Waals surface area (Å²) < 4.78 is 5.56. The van der Waals surface area contributed by atoms with E-state index in [-0.39, 0.29) is 11.8 Å². The number of carbonyl (C=O) groups is 2. The van der Waals surface area contributed by atoms with Gasteiger partial charge in [0, 0.05) is 63.8 Å². The Bertz CT molecular complexity index is 1190. The lowest BCUT2D eigenvalue weighted by molar-refractivity contribution is -0.129. The third kappa shape index (κ3) is 5.67. The first-order chi connectivity index (χ1) is 18.0. The summed E-state index contributed by atoms with van der Waals surface area (Å²) in [5.41, 5.74) is 4.33. The summed E-state index contributed by atoms with van der Waals surface area (Å²) in [6.45, 7) is 5.71. The van der Waals surface area contributed by atoms with E-state index in [2.05, 4.69) is 54.9 Å². The van der Waals surface area contributed by atoms with Crippen LogP contribution in [0.2, 0.25) is 0 Å². The van der Waals surface area contributed by atoms with Gasteiger partial charge in [-0.3, -0.25) is 9.59 Å². The highest BCUT2D eigenvalue weighted by Gasteiger charge is 2.29. The second-order valence-electron chi connectivity index (χ2n) is 9.63. The van der Waals surface area contributed by atoms with Gasteiger partial charge >= 0.3 is 0 Å². The number of amides is 2. The number of nitrogens with zero attached hydrogens (tertiary/aromatic N) is 5. The smallest absolute Gasteiger partial charge is 0.259 e. The van der Waals surface area contributed by atoms with E-state index in [0.29, 0.717) is 55.5 Å². The van der Waals surface area contributed by atoms with Crippen molar-refractivity contribution in [2.24, 2.45) is 0 Å². The molecule has 1 aromatic carbocycles. The van der Waals surface area contributed by atoms with E-state index in [1.54, 1.807) is 11.1 Å². The number of hydrogen-bond donors (Lipinski definition) is 3. The lowest BCUT2D eigenvalue weighted by Crippen LogP contribution is -2.37. The molecule has 37 heavy (non-hydrogen) atoms. The second kappa shape index (κ2) is 11.1. The lowest BCUT2D eigenvalue weighted by Gasteiger charge is -2.32. The van der Waals surface area contributed by atoms with Crippen LogP contribution in [0.5, 0.6) is 0 Å². The second-order valence-corrected chi connectivity index (χ2v) is 9.63. The zero-order chi connectivity index (χ0) is 25.8. The topological polar surface area (TPSA) is 115 Å². The molecular formula is C26H34N8O3. The fourth-order valence-corrected chi connectivity index (χ4v) is 4.89. The first-order valence-electron chi connectivity index (χ1n) is 12.7. The van der Waals surface area contributed by atoms with Crippen molar-refractivity contribution in [2.45, 2.75) is 19.4 Å². The van der Waals surface area contributed by atoms with Gasteiger partial charge in [0.2, 0.25) is 5.91 Å². The molecule has 1 saturated heterocycles. The Balaban J connectivity index is 1.49. The van der Waals surface area contributed by atoms with E-state index in [0.717, 1.165) is 38.3 Å². The predicted octanol–water partition coefficient (Wildman–Crippen LogP) is 1.81. The van der Waals surface area contributed by atoms with Crippen molar-refractivity contribution in [1.29, 1.82) is 0 Å². The van der Waals surface area contributed by atoms with Gasteiger partial charge in [-0.1, -0.05) is 0 Å². The average Bonchev–Trinajstić information content (AvgIpc) is 3.23. The van der Waals surface area contributed by atoms with Crippen LogP contribution in [0.25, 0.3) is 5.57 Å². The summed E-state index contributed by atoms with van der Waals surface area (Å²) in [7, 11) is 3.90. The highest BCUT2D eigenvalue weighted by atomic mass is 16.5. The molecule has 2 amide bonds. The number of nitrogens with one attached hydrogen (secondary N) is 3. The van der Waals surface area contributed by atoms with Crippen molar-refractivity contribution >= 4 is 40.4 Å². The Morgan fingerprint density at radius 2 is 1.81 bits per heavy atom. The first-order valence-corrected chi connectivity index (χ1v) is 12.7. The van der Waals surface area contributed by atoms with E-state index >= 15 is 0 Å². The molecule has 196 valence electrons. The van der Waals surface area contributed by atoms with Crippen molar-refractivity contribution in [3.63, 3.8) is 0 Å². The van der Waals surface area contributed by atoms with Crippen LogP contribution in [0.3, 0.4) is 0 Å². The van der Waals surface area contributed by atoms with Gasteiger partial charge in [0.05, 0.1) is 24.4 Å². The molecule has 0 aliphatic carbocycles. The zero-order valence-electron chi connectivity index (χ0n) is 21.4. The summed E-state index contributed by atoms with van der Waals surface area (Å²) in [6.07, 6.45) is 4.42. The normalized spacial score (nSPS) is 21.1. The maximum atomic E-state index is 12.8. The summed E-state index contributed by atoms with van der Waals surface area (Å²) in [5, 5.41) is 9.43. The van der Waals surface area contributed by atoms with E-state index in [1.165, 1.54) is 17.6 Å². The number of rotatable bonds is 1. The third-order valence-corrected chi connectivity index (χ3v) is 6.94. The van der Waals surface area contributed by atoms with Crippen LogP contribution in [0.1, 0.15) is 24.0 Å². The van der Waals surface area contributed by atoms with E-state index in [1.807, 2.05) is 13.1 Å². The predicted molar refractivity (Wildman–Crippen MR) is 143 cm³/mol. The maximum absolute atomic E-state index is 12.8. The summed E-state index contributed by atoms with van der Waals surface area (Å²) in [6, 6.07) is 6.30. The first kappa shape index (κ1) is 25.0. The number of carbonyl (C=O) groups excluding carboxylic acids is 2. The van der Waals surface area contributed by atoms with Crippen LogP contribution >= 0.6 is 0 Å². The molecule has 5 rings (SSSR count). The minimum absolute atomic E-state index is 0.113. The van der Waals surface area contributed by atoms with Crippen molar-refractivity contribution in [2.75, 3.05) is 80.9 Å². The Morgan fingerprint density at radius 3 is 2.65 bits per heavy atom. The summed E-state index contributed by atoms with van der Waals surface area (Å²) >= 11 is 0. The van der Waals surface area contributed by atoms with Gasteiger partial charge in [-0.25, -0.2) is 9.97 Å². The molecule has 1 aromatic heterocycles. The molecule has 2 aromatic rings. The number of aromatic nitrogens is 2. The van der Waals surface area contributed by atoms with Gasteiger partial charge in [-0.05, 0) is 43.8 Å².